The molecule has 1 aromatic heterocycles. The lowest BCUT2D eigenvalue weighted by Crippen LogP contribution is -2.19. The molecule has 0 atom stereocenters. The van der Waals surface area contributed by atoms with E-state index in [9.17, 15) is 4.79 Å². The summed E-state index contributed by atoms with van der Waals surface area (Å²) in [4.78, 5) is 12.0. The molecule has 2 aromatic carbocycles. The molecular formula is C20H18ClN3O2. The Labute approximate surface area is 156 Å². The molecule has 3 rings (SSSR count). The van der Waals surface area contributed by atoms with Crippen LogP contribution in [-0.2, 0) is 6.61 Å². The van der Waals surface area contributed by atoms with Crippen molar-refractivity contribution in [1.29, 1.82) is 0 Å². The van der Waals surface area contributed by atoms with Gasteiger partial charge in [0.2, 0.25) is 0 Å². The fourth-order valence-electron chi connectivity index (χ4n) is 2.43. The zero-order chi connectivity index (χ0) is 18.5. The number of benzene rings is 2. The van der Waals surface area contributed by atoms with E-state index in [4.69, 9.17) is 22.1 Å². The van der Waals surface area contributed by atoms with Crippen LogP contribution in [0.15, 0.2) is 70.6 Å². The van der Waals surface area contributed by atoms with Gasteiger partial charge >= 0.3 is 0 Å². The number of anilines is 1. The Morgan fingerprint density at radius 2 is 1.96 bits per heavy atom. The molecule has 0 aliphatic rings. The lowest BCUT2D eigenvalue weighted by molar-refractivity contribution is 0.306. The molecular weight excluding hydrogens is 350 g/mol. The van der Waals surface area contributed by atoms with Crippen LogP contribution in [0.25, 0.3) is 0 Å². The normalized spacial score (nSPS) is 11.0. The Morgan fingerprint density at radius 3 is 2.73 bits per heavy atom. The fourth-order valence-corrected chi connectivity index (χ4v) is 2.62. The molecule has 0 unspecified atom stereocenters. The van der Waals surface area contributed by atoms with Crippen LogP contribution in [0.1, 0.15) is 16.7 Å². The summed E-state index contributed by atoms with van der Waals surface area (Å²) in [6.07, 6.45) is 1.56. The monoisotopic (exact) mass is 367 g/mol. The van der Waals surface area contributed by atoms with Gasteiger partial charge in [0, 0.05) is 16.7 Å². The molecule has 0 radical (unpaired) electrons. The molecule has 0 spiro atoms. The van der Waals surface area contributed by atoms with Crippen molar-refractivity contribution in [1.82, 2.24) is 4.68 Å². The molecule has 1 heterocycles. The number of hydrogen-bond acceptors (Lipinski definition) is 4. The molecule has 0 saturated carbocycles. The van der Waals surface area contributed by atoms with E-state index in [1.807, 2.05) is 55.5 Å². The SMILES string of the molecule is Cc1cc(N)n(/N=C\c2cccc(OCc3ccccc3Cl)c2)c(=O)c1. The van der Waals surface area contributed by atoms with Crippen molar-refractivity contribution in [2.75, 3.05) is 5.73 Å². The van der Waals surface area contributed by atoms with E-state index in [-0.39, 0.29) is 11.4 Å². The van der Waals surface area contributed by atoms with Crippen molar-refractivity contribution < 1.29 is 4.74 Å². The van der Waals surface area contributed by atoms with Gasteiger partial charge in [0.05, 0.1) is 6.21 Å². The van der Waals surface area contributed by atoms with Crippen LogP contribution in [0, 0.1) is 6.92 Å². The molecule has 0 amide bonds. The number of ether oxygens (including phenoxy) is 1. The number of rotatable bonds is 5. The second-order valence-corrected chi connectivity index (χ2v) is 6.21. The van der Waals surface area contributed by atoms with Gasteiger partial charge in [-0.3, -0.25) is 4.79 Å². The zero-order valence-electron chi connectivity index (χ0n) is 14.2. The van der Waals surface area contributed by atoms with Crippen LogP contribution in [0.5, 0.6) is 5.75 Å². The van der Waals surface area contributed by atoms with E-state index in [0.29, 0.717) is 17.4 Å². The van der Waals surface area contributed by atoms with Gasteiger partial charge in [-0.15, -0.1) is 0 Å². The van der Waals surface area contributed by atoms with Crippen molar-refractivity contribution >= 4 is 23.6 Å². The van der Waals surface area contributed by atoms with Gasteiger partial charge < -0.3 is 10.5 Å². The summed E-state index contributed by atoms with van der Waals surface area (Å²) in [5, 5.41) is 4.83. The molecule has 0 aliphatic carbocycles. The van der Waals surface area contributed by atoms with Crippen molar-refractivity contribution in [3.05, 3.63) is 92.7 Å². The Morgan fingerprint density at radius 1 is 1.15 bits per heavy atom. The summed E-state index contributed by atoms with van der Waals surface area (Å²) in [5.41, 5.74) is 8.08. The maximum atomic E-state index is 12.0. The minimum absolute atomic E-state index is 0.273. The van der Waals surface area contributed by atoms with Crippen molar-refractivity contribution in [3.63, 3.8) is 0 Å². The number of aryl methyl sites for hydroxylation is 1. The summed E-state index contributed by atoms with van der Waals surface area (Å²) in [7, 11) is 0. The summed E-state index contributed by atoms with van der Waals surface area (Å²) in [6, 6.07) is 18.1. The van der Waals surface area contributed by atoms with Gasteiger partial charge in [0.25, 0.3) is 5.56 Å². The highest BCUT2D eigenvalue weighted by Gasteiger charge is 2.02. The van der Waals surface area contributed by atoms with Crippen molar-refractivity contribution in [3.8, 4) is 5.75 Å². The smallest absolute Gasteiger partial charge is 0.273 e. The Kier molecular flexibility index (Phi) is 5.39. The van der Waals surface area contributed by atoms with Crippen LogP contribution in [-0.4, -0.2) is 10.9 Å². The third-order valence-corrected chi connectivity index (χ3v) is 4.08. The first-order chi connectivity index (χ1) is 12.5. The first-order valence-electron chi connectivity index (χ1n) is 8.03. The highest BCUT2D eigenvalue weighted by atomic mass is 35.5. The first-order valence-corrected chi connectivity index (χ1v) is 8.40. The molecule has 26 heavy (non-hydrogen) atoms. The molecule has 6 heteroatoms. The number of halogens is 1. The molecule has 0 bridgehead atoms. The number of pyridine rings is 1. The Hall–Kier alpha value is -3.05. The largest absolute Gasteiger partial charge is 0.489 e. The van der Waals surface area contributed by atoms with Crippen LogP contribution in [0.4, 0.5) is 5.82 Å². The van der Waals surface area contributed by atoms with Crippen LogP contribution in [0.2, 0.25) is 5.02 Å². The molecule has 132 valence electrons. The van der Waals surface area contributed by atoms with Crippen LogP contribution < -0.4 is 16.0 Å². The van der Waals surface area contributed by atoms with E-state index < -0.39 is 0 Å². The summed E-state index contributed by atoms with van der Waals surface area (Å²) in [5.74, 6) is 0.968. The highest BCUT2D eigenvalue weighted by Crippen LogP contribution is 2.19. The number of aromatic nitrogens is 1. The predicted molar refractivity (Wildman–Crippen MR) is 105 cm³/mol. The average Bonchev–Trinajstić information content (AvgIpc) is 2.60. The van der Waals surface area contributed by atoms with Crippen LogP contribution in [0.3, 0.4) is 0 Å². The molecule has 0 aliphatic heterocycles. The third kappa shape index (κ3) is 4.32. The van der Waals surface area contributed by atoms with Gasteiger partial charge in [-0.05, 0) is 42.3 Å². The van der Waals surface area contributed by atoms with E-state index in [2.05, 4.69) is 5.10 Å². The summed E-state index contributed by atoms with van der Waals surface area (Å²) >= 11 is 6.13. The van der Waals surface area contributed by atoms with E-state index in [1.54, 1.807) is 12.3 Å². The fraction of sp³-hybridized carbons (Fsp3) is 0.100. The van der Waals surface area contributed by atoms with E-state index >= 15 is 0 Å². The third-order valence-electron chi connectivity index (χ3n) is 3.71. The number of nitrogen functional groups attached to an aromatic ring is 1. The quantitative estimate of drug-likeness (QED) is 0.696. The second-order valence-electron chi connectivity index (χ2n) is 5.80. The standard InChI is InChI=1S/C20H18ClN3O2/c1-14-9-19(22)24(20(25)10-14)23-12-15-5-4-7-17(11-15)26-13-16-6-2-3-8-18(16)21/h2-12H,13,22H2,1H3/b23-12-. The molecule has 2 N–H and O–H groups in total. The van der Waals surface area contributed by atoms with E-state index in [0.717, 1.165) is 21.4 Å². The Bertz CT molecular complexity index is 1010. The number of nitrogens with two attached hydrogens (primary N) is 1. The minimum atomic E-state index is -0.273. The first kappa shape index (κ1) is 17.8. The zero-order valence-corrected chi connectivity index (χ0v) is 15.0. The topological polar surface area (TPSA) is 69.6 Å². The van der Waals surface area contributed by atoms with Gasteiger partial charge in [-0.1, -0.05) is 41.9 Å². The predicted octanol–water partition coefficient (Wildman–Crippen LogP) is 3.85. The summed E-state index contributed by atoms with van der Waals surface area (Å²) in [6.45, 7) is 2.18. The lowest BCUT2D eigenvalue weighted by atomic mass is 10.2. The molecule has 5 nitrogen and oxygen atoms in total. The second kappa shape index (κ2) is 7.89. The Balaban J connectivity index is 1.76. The van der Waals surface area contributed by atoms with Crippen molar-refractivity contribution in [2.45, 2.75) is 13.5 Å². The maximum Gasteiger partial charge on any atom is 0.273 e. The van der Waals surface area contributed by atoms with Gasteiger partial charge in [-0.2, -0.15) is 9.78 Å². The highest BCUT2D eigenvalue weighted by molar-refractivity contribution is 6.31. The lowest BCUT2D eigenvalue weighted by Gasteiger charge is -2.08. The molecule has 0 saturated heterocycles. The van der Waals surface area contributed by atoms with Crippen LogP contribution >= 0.6 is 11.6 Å². The summed E-state index contributed by atoms with van der Waals surface area (Å²) < 4.78 is 6.95. The number of hydrogen-bond donors (Lipinski definition) is 1. The van der Waals surface area contributed by atoms with Gasteiger partial charge in [-0.25, -0.2) is 0 Å². The molecule has 0 fully saturated rings. The average molecular weight is 368 g/mol. The minimum Gasteiger partial charge on any atom is -0.489 e. The number of nitrogens with zero attached hydrogens (tertiary/aromatic N) is 2. The maximum absolute atomic E-state index is 12.0. The van der Waals surface area contributed by atoms with Gasteiger partial charge in [0.1, 0.15) is 18.2 Å². The van der Waals surface area contributed by atoms with E-state index in [1.165, 1.54) is 6.07 Å². The van der Waals surface area contributed by atoms with Gasteiger partial charge in [0.15, 0.2) is 0 Å². The molecule has 3 aromatic rings. The van der Waals surface area contributed by atoms with Crippen molar-refractivity contribution in [2.24, 2.45) is 5.10 Å².